The molecule has 27 heavy (non-hydrogen) atoms. The highest BCUT2D eigenvalue weighted by Crippen LogP contribution is 2.29. The van der Waals surface area contributed by atoms with Crippen LogP contribution in [0.25, 0.3) is 0 Å². The van der Waals surface area contributed by atoms with E-state index in [-0.39, 0.29) is 18.3 Å². The van der Waals surface area contributed by atoms with Crippen molar-refractivity contribution in [2.24, 2.45) is 0 Å². The lowest BCUT2D eigenvalue weighted by atomic mass is 10.0. The minimum atomic E-state index is -0.689. The lowest BCUT2D eigenvalue weighted by Gasteiger charge is -2.24. The zero-order valence-corrected chi connectivity index (χ0v) is 16.8. The molecule has 3 rings (SSSR count). The normalized spacial score (nSPS) is 19.8. The number of ether oxygens (including phenoxy) is 3. The fourth-order valence-corrected chi connectivity index (χ4v) is 3.24. The Hall–Kier alpha value is -1.43. The Morgan fingerprint density at radius 3 is 2.56 bits per heavy atom. The fraction of sp³-hybridized carbons (Fsp3) is 0.381. The summed E-state index contributed by atoms with van der Waals surface area (Å²) in [5.41, 5.74) is 1.53. The van der Waals surface area contributed by atoms with Crippen LogP contribution in [0.1, 0.15) is 36.2 Å². The maximum absolute atomic E-state index is 12.8. The van der Waals surface area contributed by atoms with Gasteiger partial charge in [0.2, 0.25) is 0 Å². The summed E-state index contributed by atoms with van der Waals surface area (Å²) in [6.07, 6.45) is -0.598. The van der Waals surface area contributed by atoms with Gasteiger partial charge in [0.1, 0.15) is 6.10 Å². The average molecular weight is 409 g/mol. The lowest BCUT2D eigenvalue weighted by Crippen LogP contribution is -2.34. The third-order valence-corrected chi connectivity index (χ3v) is 5.12. The van der Waals surface area contributed by atoms with Crippen LogP contribution in [0.2, 0.25) is 10.0 Å². The zero-order chi connectivity index (χ0) is 19.4. The third kappa shape index (κ3) is 5.53. The lowest BCUT2D eigenvalue weighted by molar-refractivity contribution is -0.157. The van der Waals surface area contributed by atoms with Gasteiger partial charge in [-0.1, -0.05) is 53.5 Å². The molecule has 1 heterocycles. The molecule has 1 aliphatic rings. The van der Waals surface area contributed by atoms with Gasteiger partial charge in [0, 0.05) is 12.0 Å². The van der Waals surface area contributed by atoms with Gasteiger partial charge in [-0.3, -0.25) is 4.79 Å². The van der Waals surface area contributed by atoms with Crippen LogP contribution in [0.4, 0.5) is 0 Å². The minimum Gasteiger partial charge on any atom is -0.370 e. The second-order valence-corrected chi connectivity index (χ2v) is 7.77. The van der Waals surface area contributed by atoms with Crippen LogP contribution in [0.3, 0.4) is 0 Å². The first-order valence-corrected chi connectivity index (χ1v) is 9.55. The summed E-state index contributed by atoms with van der Waals surface area (Å²) in [6, 6.07) is 14.7. The zero-order valence-electron chi connectivity index (χ0n) is 15.3. The number of hydrogen-bond acceptors (Lipinski definition) is 4. The number of ketones is 1. The van der Waals surface area contributed by atoms with Crippen molar-refractivity contribution in [2.45, 2.75) is 44.9 Å². The van der Waals surface area contributed by atoms with Gasteiger partial charge in [0.25, 0.3) is 0 Å². The number of Topliss-reactive ketones (excluding diaryl/α,β-unsaturated/α-hetero) is 1. The molecular weight excluding hydrogens is 387 g/mol. The molecule has 0 aliphatic carbocycles. The Labute approximate surface area is 169 Å². The SMILES string of the molecule is CC1(C)OC[C@H]([C@H](CC(=O)c2ccc(Cl)c(Cl)c2)OCc2ccccc2)O1. The van der Waals surface area contributed by atoms with Crippen molar-refractivity contribution in [3.63, 3.8) is 0 Å². The number of rotatable bonds is 7. The van der Waals surface area contributed by atoms with E-state index in [1.165, 1.54) is 0 Å². The molecule has 0 radical (unpaired) electrons. The number of benzene rings is 2. The van der Waals surface area contributed by atoms with E-state index < -0.39 is 11.9 Å². The molecule has 0 N–H and O–H groups in total. The van der Waals surface area contributed by atoms with Crippen molar-refractivity contribution >= 4 is 29.0 Å². The van der Waals surface area contributed by atoms with Crippen LogP contribution < -0.4 is 0 Å². The molecule has 4 nitrogen and oxygen atoms in total. The van der Waals surface area contributed by atoms with E-state index in [0.717, 1.165) is 5.56 Å². The van der Waals surface area contributed by atoms with Crippen LogP contribution in [0.15, 0.2) is 48.5 Å². The van der Waals surface area contributed by atoms with Crippen LogP contribution in [-0.2, 0) is 20.8 Å². The standard InChI is InChI=1S/C21H22Cl2O4/c1-21(2)26-13-20(27-21)19(25-12-14-6-4-3-5-7-14)11-18(24)15-8-9-16(22)17(23)10-15/h3-10,19-20H,11-13H2,1-2H3/t19-,20+/m0/s1. The average Bonchev–Trinajstić information content (AvgIpc) is 3.01. The number of halogens is 2. The first-order valence-electron chi connectivity index (χ1n) is 8.79. The molecule has 0 amide bonds. The van der Waals surface area contributed by atoms with E-state index in [9.17, 15) is 4.79 Å². The fourth-order valence-electron chi connectivity index (χ4n) is 2.94. The molecule has 2 aromatic carbocycles. The van der Waals surface area contributed by atoms with E-state index in [1.807, 2.05) is 44.2 Å². The largest absolute Gasteiger partial charge is 0.370 e. The molecule has 0 unspecified atom stereocenters. The van der Waals surface area contributed by atoms with E-state index >= 15 is 0 Å². The summed E-state index contributed by atoms with van der Waals surface area (Å²) in [5.74, 6) is -0.772. The molecule has 6 heteroatoms. The van der Waals surface area contributed by atoms with E-state index in [0.29, 0.717) is 28.8 Å². The van der Waals surface area contributed by atoms with Gasteiger partial charge in [-0.25, -0.2) is 0 Å². The quantitative estimate of drug-likeness (QED) is 0.582. The Bertz CT molecular complexity index is 792. The van der Waals surface area contributed by atoms with Crippen molar-refractivity contribution in [2.75, 3.05) is 6.61 Å². The van der Waals surface area contributed by atoms with Gasteiger partial charge in [-0.2, -0.15) is 0 Å². The predicted octanol–water partition coefficient (Wildman–Crippen LogP) is 5.30. The van der Waals surface area contributed by atoms with E-state index in [4.69, 9.17) is 37.4 Å². The highest BCUT2D eigenvalue weighted by molar-refractivity contribution is 6.42. The Kier molecular flexibility index (Phi) is 6.56. The number of hydrogen-bond donors (Lipinski definition) is 0. The van der Waals surface area contributed by atoms with E-state index in [2.05, 4.69) is 0 Å². The molecule has 0 aromatic heterocycles. The highest BCUT2D eigenvalue weighted by atomic mass is 35.5. The van der Waals surface area contributed by atoms with Crippen molar-refractivity contribution in [1.82, 2.24) is 0 Å². The van der Waals surface area contributed by atoms with Crippen molar-refractivity contribution < 1.29 is 19.0 Å². The Morgan fingerprint density at radius 1 is 1.19 bits per heavy atom. The molecule has 1 saturated heterocycles. The third-order valence-electron chi connectivity index (χ3n) is 4.38. The summed E-state index contributed by atoms with van der Waals surface area (Å²) < 4.78 is 17.7. The molecule has 144 valence electrons. The maximum Gasteiger partial charge on any atom is 0.165 e. The van der Waals surface area contributed by atoms with Gasteiger partial charge in [0.15, 0.2) is 11.6 Å². The highest BCUT2D eigenvalue weighted by Gasteiger charge is 2.38. The molecule has 1 fully saturated rings. The van der Waals surface area contributed by atoms with Crippen LogP contribution >= 0.6 is 23.2 Å². The molecule has 0 bridgehead atoms. The number of carbonyl (C=O) groups excluding carboxylic acids is 1. The van der Waals surface area contributed by atoms with Crippen molar-refractivity contribution in [3.8, 4) is 0 Å². The Balaban J connectivity index is 1.72. The van der Waals surface area contributed by atoms with Crippen LogP contribution in [-0.4, -0.2) is 30.4 Å². The molecule has 1 aliphatic heterocycles. The molecule has 0 saturated carbocycles. The van der Waals surface area contributed by atoms with Crippen LogP contribution in [0, 0.1) is 0 Å². The maximum atomic E-state index is 12.8. The molecule has 2 aromatic rings. The van der Waals surface area contributed by atoms with Crippen molar-refractivity contribution in [1.29, 1.82) is 0 Å². The summed E-state index contributed by atoms with van der Waals surface area (Å²) >= 11 is 12.0. The first kappa shape index (κ1) is 20.3. The van der Waals surface area contributed by atoms with Crippen LogP contribution in [0.5, 0.6) is 0 Å². The monoisotopic (exact) mass is 408 g/mol. The second-order valence-electron chi connectivity index (χ2n) is 6.96. The molecular formula is C21H22Cl2O4. The van der Waals surface area contributed by atoms with Gasteiger partial charge in [0.05, 0.1) is 29.4 Å². The predicted molar refractivity (Wildman–Crippen MR) is 105 cm³/mol. The number of carbonyl (C=O) groups is 1. The summed E-state index contributed by atoms with van der Waals surface area (Å²) in [6.45, 7) is 4.46. The summed E-state index contributed by atoms with van der Waals surface area (Å²) in [4.78, 5) is 12.8. The van der Waals surface area contributed by atoms with Gasteiger partial charge in [-0.15, -0.1) is 0 Å². The summed E-state index contributed by atoms with van der Waals surface area (Å²) in [5, 5.41) is 0.769. The smallest absolute Gasteiger partial charge is 0.165 e. The van der Waals surface area contributed by atoms with Gasteiger partial charge in [-0.05, 0) is 37.6 Å². The van der Waals surface area contributed by atoms with E-state index in [1.54, 1.807) is 18.2 Å². The van der Waals surface area contributed by atoms with Gasteiger partial charge >= 0.3 is 0 Å². The Morgan fingerprint density at radius 2 is 1.93 bits per heavy atom. The topological polar surface area (TPSA) is 44.8 Å². The second kappa shape index (κ2) is 8.72. The summed E-state index contributed by atoms with van der Waals surface area (Å²) in [7, 11) is 0. The molecule has 0 spiro atoms. The minimum absolute atomic E-state index is 0.0834. The van der Waals surface area contributed by atoms with Crippen molar-refractivity contribution in [3.05, 3.63) is 69.7 Å². The first-order chi connectivity index (χ1) is 12.8. The van der Waals surface area contributed by atoms with Gasteiger partial charge < -0.3 is 14.2 Å². The molecule has 2 atom stereocenters.